The van der Waals surface area contributed by atoms with Crippen LogP contribution in [0, 0.1) is 0 Å². The Bertz CT molecular complexity index is 626. The van der Waals surface area contributed by atoms with Gasteiger partial charge in [0.25, 0.3) is 5.91 Å². The number of nitrogens with one attached hydrogen (secondary N) is 2. The zero-order valence-corrected chi connectivity index (χ0v) is 11.1. The molecular weight excluding hydrogens is 274 g/mol. The molecule has 1 aromatic heterocycles. The molecule has 1 aromatic carbocycles. The van der Waals surface area contributed by atoms with Crippen molar-refractivity contribution in [1.82, 2.24) is 20.5 Å². The van der Waals surface area contributed by atoms with E-state index in [9.17, 15) is 9.59 Å². The Morgan fingerprint density at radius 3 is 2.62 bits per heavy atom. The molecule has 0 radical (unpaired) electrons. The van der Waals surface area contributed by atoms with Crippen LogP contribution in [0.15, 0.2) is 30.3 Å². The molecule has 0 bridgehead atoms. The van der Waals surface area contributed by atoms with Crippen molar-refractivity contribution in [3.8, 4) is 0 Å². The van der Waals surface area contributed by atoms with Gasteiger partial charge in [0.05, 0.1) is 0 Å². The van der Waals surface area contributed by atoms with Gasteiger partial charge in [0, 0.05) is 0 Å². The number of aliphatic carboxylic acids is 1. The molecule has 1 amide bonds. The number of aryl methyl sites for hydroxylation is 1. The van der Waals surface area contributed by atoms with Crippen LogP contribution in [-0.4, -0.2) is 38.2 Å². The first kappa shape index (κ1) is 14.5. The van der Waals surface area contributed by atoms with E-state index in [0.29, 0.717) is 6.42 Å². The van der Waals surface area contributed by atoms with Crippen LogP contribution in [0.5, 0.6) is 0 Å². The topological polar surface area (TPSA) is 134 Å². The van der Waals surface area contributed by atoms with Gasteiger partial charge in [-0.15, -0.1) is 5.10 Å². The van der Waals surface area contributed by atoms with E-state index in [0.717, 1.165) is 5.56 Å². The summed E-state index contributed by atoms with van der Waals surface area (Å²) in [6, 6.07) is 8.43. The molecule has 0 saturated heterocycles. The smallest absolute Gasteiger partial charge is 0.326 e. The van der Waals surface area contributed by atoms with E-state index in [1.807, 2.05) is 30.3 Å². The lowest BCUT2D eigenvalue weighted by Gasteiger charge is -2.13. The van der Waals surface area contributed by atoms with Crippen LogP contribution in [0.1, 0.15) is 22.6 Å². The van der Waals surface area contributed by atoms with Crippen molar-refractivity contribution >= 4 is 17.8 Å². The highest BCUT2D eigenvalue weighted by atomic mass is 16.4. The molecule has 0 aliphatic rings. The average Bonchev–Trinajstić information content (AvgIpc) is 2.90. The summed E-state index contributed by atoms with van der Waals surface area (Å²) in [4.78, 5) is 26.7. The predicted molar refractivity (Wildman–Crippen MR) is 74.4 cm³/mol. The summed E-state index contributed by atoms with van der Waals surface area (Å²) >= 11 is 0. The predicted octanol–water partition coefficient (Wildman–Crippen LogP) is 0.203. The Morgan fingerprint density at radius 2 is 2.05 bits per heavy atom. The molecule has 5 N–H and O–H groups in total. The quantitative estimate of drug-likeness (QED) is 0.600. The number of nitrogens with two attached hydrogens (primary N) is 1. The number of hydrogen-bond donors (Lipinski definition) is 4. The molecule has 21 heavy (non-hydrogen) atoms. The van der Waals surface area contributed by atoms with E-state index in [-0.39, 0.29) is 18.2 Å². The van der Waals surface area contributed by atoms with Crippen LogP contribution in [0.3, 0.4) is 0 Å². The van der Waals surface area contributed by atoms with Crippen LogP contribution >= 0.6 is 0 Å². The van der Waals surface area contributed by atoms with Crippen LogP contribution in [0.2, 0.25) is 0 Å². The number of rotatable bonds is 6. The maximum Gasteiger partial charge on any atom is 0.326 e. The number of carboxylic acids is 1. The number of amides is 1. The molecule has 0 fully saturated rings. The normalized spacial score (nSPS) is 11.8. The van der Waals surface area contributed by atoms with Crippen molar-refractivity contribution in [3.63, 3.8) is 0 Å². The number of nitrogens with zero attached hydrogens (tertiary/aromatic N) is 2. The van der Waals surface area contributed by atoms with Crippen LogP contribution in [0.4, 0.5) is 5.95 Å². The monoisotopic (exact) mass is 289 g/mol. The summed E-state index contributed by atoms with van der Waals surface area (Å²) in [5.41, 5.74) is 6.29. The number of carboxylic acid groups (broad SMARTS) is 1. The Balaban J connectivity index is 1.96. The lowest BCUT2D eigenvalue weighted by atomic mass is 10.1. The highest BCUT2D eigenvalue weighted by molar-refractivity contribution is 5.93. The lowest BCUT2D eigenvalue weighted by Crippen LogP contribution is -2.41. The highest BCUT2D eigenvalue weighted by Crippen LogP contribution is 2.06. The van der Waals surface area contributed by atoms with Gasteiger partial charge in [-0.25, -0.2) is 4.79 Å². The van der Waals surface area contributed by atoms with Gasteiger partial charge < -0.3 is 16.2 Å². The fraction of sp³-hybridized carbons (Fsp3) is 0.231. The molecule has 0 aliphatic carbocycles. The maximum absolute atomic E-state index is 11.8. The number of hydrogen-bond acceptors (Lipinski definition) is 5. The van der Waals surface area contributed by atoms with E-state index < -0.39 is 17.9 Å². The van der Waals surface area contributed by atoms with Gasteiger partial charge in [-0.1, -0.05) is 30.3 Å². The second-order valence-electron chi connectivity index (χ2n) is 4.43. The lowest BCUT2D eigenvalue weighted by molar-refractivity contribution is -0.139. The van der Waals surface area contributed by atoms with Crippen molar-refractivity contribution in [3.05, 3.63) is 41.7 Å². The first-order chi connectivity index (χ1) is 10.1. The van der Waals surface area contributed by atoms with Crippen molar-refractivity contribution in [2.24, 2.45) is 0 Å². The number of nitrogen functional groups attached to an aromatic ring is 1. The highest BCUT2D eigenvalue weighted by Gasteiger charge is 2.22. The van der Waals surface area contributed by atoms with Gasteiger partial charge in [0.1, 0.15) is 6.04 Å². The number of H-pyrrole nitrogens is 1. The van der Waals surface area contributed by atoms with E-state index in [1.54, 1.807) is 0 Å². The third kappa shape index (κ3) is 4.03. The molecule has 0 saturated carbocycles. The second kappa shape index (κ2) is 6.51. The summed E-state index contributed by atoms with van der Waals surface area (Å²) in [5.74, 6) is -1.94. The first-order valence-corrected chi connectivity index (χ1v) is 6.31. The number of aromatic amines is 1. The number of anilines is 1. The van der Waals surface area contributed by atoms with Gasteiger partial charge in [-0.05, 0) is 18.4 Å². The standard InChI is InChI=1S/C13H15N5O3/c14-13-16-10(17-18-13)11(19)15-9(12(20)21)7-6-8-4-2-1-3-5-8/h1-5,9H,6-7H2,(H,15,19)(H,20,21)(H3,14,16,17,18). The fourth-order valence-corrected chi connectivity index (χ4v) is 1.82. The Morgan fingerprint density at radius 1 is 1.33 bits per heavy atom. The minimum atomic E-state index is -1.10. The van der Waals surface area contributed by atoms with Gasteiger partial charge in [0.15, 0.2) is 0 Å². The molecule has 0 spiro atoms. The first-order valence-electron chi connectivity index (χ1n) is 6.31. The van der Waals surface area contributed by atoms with Crippen LogP contribution in [0.25, 0.3) is 0 Å². The molecule has 2 rings (SSSR count). The number of aromatic nitrogens is 3. The van der Waals surface area contributed by atoms with E-state index in [2.05, 4.69) is 20.5 Å². The minimum Gasteiger partial charge on any atom is -0.480 e. The summed E-state index contributed by atoms with van der Waals surface area (Å²) in [6.07, 6.45) is 0.811. The van der Waals surface area contributed by atoms with Crippen LogP contribution in [-0.2, 0) is 11.2 Å². The third-order valence-electron chi connectivity index (χ3n) is 2.89. The number of benzene rings is 1. The summed E-state index contributed by atoms with van der Waals surface area (Å²) < 4.78 is 0. The third-order valence-corrected chi connectivity index (χ3v) is 2.89. The summed E-state index contributed by atoms with van der Waals surface area (Å²) in [7, 11) is 0. The SMILES string of the molecule is Nc1n[nH]c(C(=O)NC(CCc2ccccc2)C(=O)O)n1. The van der Waals surface area contributed by atoms with Crippen molar-refractivity contribution < 1.29 is 14.7 Å². The largest absolute Gasteiger partial charge is 0.480 e. The van der Waals surface area contributed by atoms with E-state index >= 15 is 0 Å². The minimum absolute atomic E-state index is 0.0729. The number of carbonyl (C=O) groups excluding carboxylic acids is 1. The van der Waals surface area contributed by atoms with Crippen molar-refractivity contribution in [1.29, 1.82) is 0 Å². The summed E-state index contributed by atoms with van der Waals surface area (Å²) in [5, 5.41) is 17.4. The maximum atomic E-state index is 11.8. The van der Waals surface area contributed by atoms with Crippen LogP contribution < -0.4 is 11.1 Å². The molecule has 8 heteroatoms. The zero-order valence-electron chi connectivity index (χ0n) is 11.1. The van der Waals surface area contributed by atoms with Gasteiger partial charge in [-0.3, -0.25) is 9.89 Å². The number of carbonyl (C=O) groups is 2. The Labute approximate surface area is 120 Å². The molecule has 2 aromatic rings. The van der Waals surface area contributed by atoms with Gasteiger partial charge >= 0.3 is 5.97 Å². The molecule has 8 nitrogen and oxygen atoms in total. The van der Waals surface area contributed by atoms with Gasteiger partial charge in [0.2, 0.25) is 11.8 Å². The Kier molecular flexibility index (Phi) is 4.50. The molecule has 0 aliphatic heterocycles. The van der Waals surface area contributed by atoms with Crippen molar-refractivity contribution in [2.75, 3.05) is 5.73 Å². The zero-order chi connectivity index (χ0) is 15.2. The van der Waals surface area contributed by atoms with E-state index in [4.69, 9.17) is 10.8 Å². The van der Waals surface area contributed by atoms with Crippen molar-refractivity contribution in [2.45, 2.75) is 18.9 Å². The molecular formula is C13H15N5O3. The van der Waals surface area contributed by atoms with Gasteiger partial charge in [-0.2, -0.15) is 4.98 Å². The molecule has 1 unspecified atom stereocenters. The molecule has 1 heterocycles. The average molecular weight is 289 g/mol. The molecule has 110 valence electrons. The fourth-order valence-electron chi connectivity index (χ4n) is 1.82. The van der Waals surface area contributed by atoms with E-state index in [1.165, 1.54) is 0 Å². The Hall–Kier alpha value is -2.90. The second-order valence-corrected chi connectivity index (χ2v) is 4.43. The summed E-state index contributed by atoms with van der Waals surface area (Å²) in [6.45, 7) is 0. The molecule has 1 atom stereocenters.